The number of aliphatic hydroxyl groups excluding tert-OH is 1. The minimum atomic E-state index is -0.347. The van der Waals surface area contributed by atoms with Crippen molar-refractivity contribution in [2.75, 3.05) is 23.8 Å². The molecule has 0 saturated carbocycles. The molecule has 1 aromatic heterocycles. The highest BCUT2D eigenvalue weighted by molar-refractivity contribution is 5.90. The van der Waals surface area contributed by atoms with E-state index >= 15 is 0 Å². The second-order valence-corrected chi connectivity index (χ2v) is 5.21. The second kappa shape index (κ2) is 6.72. The zero-order chi connectivity index (χ0) is 15.3. The van der Waals surface area contributed by atoms with Crippen LogP contribution in [0.4, 0.5) is 11.8 Å². The van der Waals surface area contributed by atoms with Crippen LogP contribution in [0, 0.1) is 0 Å². The highest BCUT2D eigenvalue weighted by atomic mass is 16.3. The quantitative estimate of drug-likeness (QED) is 0.730. The molecule has 3 N–H and O–H groups in total. The van der Waals surface area contributed by atoms with Crippen molar-refractivity contribution < 1.29 is 5.11 Å². The summed E-state index contributed by atoms with van der Waals surface area (Å²) in [4.78, 5) is 9.08. The highest BCUT2D eigenvalue weighted by Crippen LogP contribution is 2.27. The van der Waals surface area contributed by atoms with E-state index < -0.39 is 0 Å². The molecule has 0 spiro atoms. The van der Waals surface area contributed by atoms with Crippen molar-refractivity contribution in [3.63, 3.8) is 0 Å². The molecule has 0 fully saturated rings. The largest absolute Gasteiger partial charge is 0.394 e. The predicted molar refractivity (Wildman–Crippen MR) is 87.7 cm³/mol. The molecule has 0 aliphatic carbocycles. The molecule has 0 aliphatic heterocycles. The van der Waals surface area contributed by atoms with E-state index in [2.05, 4.69) is 34.4 Å². The maximum absolute atomic E-state index is 9.76. The molecule has 1 heterocycles. The lowest BCUT2D eigenvalue weighted by molar-refractivity contribution is 0.202. The monoisotopic (exact) mass is 288 g/mol. The number of nitrogens with zero attached hydrogens (tertiary/aromatic N) is 2. The number of fused-ring (bicyclic) bond motifs is 1. The third kappa shape index (κ3) is 3.24. The Hall–Kier alpha value is -1.88. The van der Waals surface area contributed by atoms with E-state index in [-0.39, 0.29) is 12.1 Å². The SMILES string of the molecule is CCNc1nc(NC(CC)(CC)CO)c2ccccc2n1. The van der Waals surface area contributed by atoms with Crippen molar-refractivity contribution in [1.82, 2.24) is 9.97 Å². The van der Waals surface area contributed by atoms with Crippen LogP contribution >= 0.6 is 0 Å². The molecule has 0 radical (unpaired) electrons. The molecule has 0 amide bonds. The Morgan fingerprint density at radius 1 is 1.10 bits per heavy atom. The second-order valence-electron chi connectivity index (χ2n) is 5.21. The molecule has 2 rings (SSSR count). The van der Waals surface area contributed by atoms with Crippen molar-refractivity contribution in [1.29, 1.82) is 0 Å². The van der Waals surface area contributed by atoms with Gasteiger partial charge in [-0.25, -0.2) is 4.98 Å². The maximum atomic E-state index is 9.76. The summed E-state index contributed by atoms with van der Waals surface area (Å²) in [6.45, 7) is 7.00. The van der Waals surface area contributed by atoms with Gasteiger partial charge in [0.1, 0.15) is 5.82 Å². The fraction of sp³-hybridized carbons (Fsp3) is 0.500. The van der Waals surface area contributed by atoms with Gasteiger partial charge in [0.25, 0.3) is 0 Å². The van der Waals surface area contributed by atoms with Gasteiger partial charge < -0.3 is 15.7 Å². The molecule has 1 aromatic carbocycles. The van der Waals surface area contributed by atoms with Crippen LogP contribution in [0.15, 0.2) is 24.3 Å². The zero-order valence-electron chi connectivity index (χ0n) is 13.0. The number of aliphatic hydroxyl groups is 1. The van der Waals surface area contributed by atoms with E-state index in [1.807, 2.05) is 31.2 Å². The molecule has 0 aliphatic rings. The standard InChI is InChI=1S/C16H24N4O/c1-4-16(5-2,11-21)20-14-12-9-7-8-10-13(12)18-15(19-14)17-6-3/h7-10,21H,4-6,11H2,1-3H3,(H2,17,18,19,20). The molecule has 21 heavy (non-hydrogen) atoms. The first-order chi connectivity index (χ1) is 10.2. The lowest BCUT2D eigenvalue weighted by atomic mass is 9.93. The van der Waals surface area contributed by atoms with Crippen molar-refractivity contribution >= 4 is 22.7 Å². The average Bonchev–Trinajstić information content (AvgIpc) is 2.53. The van der Waals surface area contributed by atoms with Gasteiger partial charge in [0.15, 0.2) is 0 Å². The van der Waals surface area contributed by atoms with E-state index in [1.54, 1.807) is 0 Å². The Morgan fingerprint density at radius 3 is 2.43 bits per heavy atom. The van der Waals surface area contributed by atoms with E-state index in [0.29, 0.717) is 5.95 Å². The van der Waals surface area contributed by atoms with Crippen LogP contribution in [-0.4, -0.2) is 33.8 Å². The molecule has 0 atom stereocenters. The van der Waals surface area contributed by atoms with Gasteiger partial charge in [-0.2, -0.15) is 4.98 Å². The number of rotatable bonds is 7. The van der Waals surface area contributed by atoms with Crippen LogP contribution < -0.4 is 10.6 Å². The van der Waals surface area contributed by atoms with Gasteiger partial charge in [0.2, 0.25) is 5.95 Å². The van der Waals surface area contributed by atoms with E-state index in [0.717, 1.165) is 36.1 Å². The van der Waals surface area contributed by atoms with E-state index in [1.165, 1.54) is 0 Å². The summed E-state index contributed by atoms with van der Waals surface area (Å²) < 4.78 is 0. The minimum absolute atomic E-state index is 0.0782. The normalized spacial score (nSPS) is 11.6. The molecule has 5 nitrogen and oxygen atoms in total. The summed E-state index contributed by atoms with van der Waals surface area (Å²) in [6.07, 6.45) is 1.66. The number of para-hydroxylation sites is 1. The Labute approximate surface area is 125 Å². The van der Waals surface area contributed by atoms with E-state index in [9.17, 15) is 5.11 Å². The Bertz CT molecular complexity index is 588. The lowest BCUT2D eigenvalue weighted by Crippen LogP contribution is -2.41. The van der Waals surface area contributed by atoms with Crippen molar-refractivity contribution in [2.24, 2.45) is 0 Å². The minimum Gasteiger partial charge on any atom is -0.394 e. The van der Waals surface area contributed by atoms with Crippen LogP contribution in [0.3, 0.4) is 0 Å². The molecule has 2 aromatic rings. The summed E-state index contributed by atoms with van der Waals surface area (Å²) in [6, 6.07) is 7.92. The smallest absolute Gasteiger partial charge is 0.225 e. The molecule has 5 heteroatoms. The van der Waals surface area contributed by atoms with Crippen LogP contribution in [0.5, 0.6) is 0 Å². The number of nitrogens with one attached hydrogen (secondary N) is 2. The number of anilines is 2. The average molecular weight is 288 g/mol. The predicted octanol–water partition coefficient (Wildman–Crippen LogP) is 3.02. The van der Waals surface area contributed by atoms with Crippen molar-refractivity contribution in [3.8, 4) is 0 Å². The molecule has 114 valence electrons. The number of hydrogen-bond acceptors (Lipinski definition) is 5. The fourth-order valence-electron chi connectivity index (χ4n) is 2.35. The zero-order valence-corrected chi connectivity index (χ0v) is 13.0. The first-order valence-electron chi connectivity index (χ1n) is 7.57. The van der Waals surface area contributed by atoms with Crippen LogP contribution in [0.25, 0.3) is 10.9 Å². The summed E-state index contributed by atoms with van der Waals surface area (Å²) in [5.74, 6) is 1.38. The number of hydrogen-bond donors (Lipinski definition) is 3. The molecule has 0 saturated heterocycles. The van der Waals surface area contributed by atoms with Crippen LogP contribution in [0.2, 0.25) is 0 Å². The van der Waals surface area contributed by atoms with Crippen molar-refractivity contribution in [2.45, 2.75) is 39.2 Å². The Morgan fingerprint density at radius 2 is 1.81 bits per heavy atom. The van der Waals surface area contributed by atoms with Gasteiger partial charge in [0, 0.05) is 11.9 Å². The van der Waals surface area contributed by atoms with Gasteiger partial charge in [0.05, 0.1) is 17.7 Å². The first kappa shape index (κ1) is 15.5. The fourth-order valence-corrected chi connectivity index (χ4v) is 2.35. The summed E-state index contributed by atoms with van der Waals surface area (Å²) in [5, 5.41) is 17.3. The lowest BCUT2D eigenvalue weighted by Gasteiger charge is -2.31. The summed E-state index contributed by atoms with van der Waals surface area (Å²) in [5.41, 5.74) is 0.547. The molecular weight excluding hydrogens is 264 g/mol. The molecule has 0 unspecified atom stereocenters. The van der Waals surface area contributed by atoms with Crippen LogP contribution in [-0.2, 0) is 0 Å². The first-order valence-corrected chi connectivity index (χ1v) is 7.57. The summed E-state index contributed by atoms with van der Waals surface area (Å²) >= 11 is 0. The topological polar surface area (TPSA) is 70.1 Å². The number of aromatic nitrogens is 2. The third-order valence-corrected chi connectivity index (χ3v) is 3.98. The Kier molecular flexibility index (Phi) is 4.96. The third-order valence-electron chi connectivity index (χ3n) is 3.98. The molecule has 0 bridgehead atoms. The van der Waals surface area contributed by atoms with Crippen molar-refractivity contribution in [3.05, 3.63) is 24.3 Å². The van der Waals surface area contributed by atoms with Gasteiger partial charge >= 0.3 is 0 Å². The maximum Gasteiger partial charge on any atom is 0.225 e. The van der Waals surface area contributed by atoms with E-state index in [4.69, 9.17) is 0 Å². The Balaban J connectivity index is 2.50. The van der Waals surface area contributed by atoms with Gasteiger partial charge in [-0.3, -0.25) is 0 Å². The molecular formula is C16H24N4O. The summed E-state index contributed by atoms with van der Waals surface area (Å²) in [7, 11) is 0. The van der Waals surface area contributed by atoms with Gasteiger partial charge in [-0.15, -0.1) is 0 Å². The van der Waals surface area contributed by atoms with Gasteiger partial charge in [-0.1, -0.05) is 26.0 Å². The number of benzene rings is 1. The highest BCUT2D eigenvalue weighted by Gasteiger charge is 2.26. The van der Waals surface area contributed by atoms with Gasteiger partial charge in [-0.05, 0) is 31.9 Å². The van der Waals surface area contributed by atoms with Crippen LogP contribution in [0.1, 0.15) is 33.6 Å².